The summed E-state index contributed by atoms with van der Waals surface area (Å²) in [6.45, 7) is 7.61. The van der Waals surface area contributed by atoms with Crippen LogP contribution in [0, 0.1) is 6.92 Å². The van der Waals surface area contributed by atoms with Crippen LogP contribution in [-0.4, -0.2) is 30.7 Å². The third-order valence-electron chi connectivity index (χ3n) is 3.23. The highest BCUT2D eigenvalue weighted by atomic mass is 15.2. The fourth-order valence-corrected chi connectivity index (χ4v) is 2.32. The molecule has 16 heavy (non-hydrogen) atoms. The number of aryl methyl sites for hydroxylation is 1. The van der Waals surface area contributed by atoms with Crippen LogP contribution < -0.4 is 10.2 Å². The van der Waals surface area contributed by atoms with Gasteiger partial charge in [-0.2, -0.15) is 0 Å². The lowest BCUT2D eigenvalue weighted by molar-refractivity contribution is 0.586. The second-order valence-electron chi connectivity index (χ2n) is 4.49. The van der Waals surface area contributed by atoms with Gasteiger partial charge in [-0.05, 0) is 45.4 Å². The lowest BCUT2D eigenvalue weighted by Crippen LogP contribution is -2.37. The van der Waals surface area contributed by atoms with Gasteiger partial charge < -0.3 is 10.2 Å². The Morgan fingerprint density at radius 3 is 3.06 bits per heavy atom. The smallest absolute Gasteiger partial charge is 0.0400 e. The highest BCUT2D eigenvalue weighted by molar-refractivity contribution is 5.46. The van der Waals surface area contributed by atoms with E-state index in [2.05, 4.69) is 34.3 Å². The summed E-state index contributed by atoms with van der Waals surface area (Å²) in [6.07, 6.45) is 4.52. The van der Waals surface area contributed by atoms with Gasteiger partial charge in [-0.15, -0.1) is 0 Å². The van der Waals surface area contributed by atoms with E-state index in [1.807, 2.05) is 13.1 Å². The normalized spacial score (nSPS) is 20.0. The predicted molar refractivity (Wildman–Crippen MR) is 67.9 cm³/mol. The van der Waals surface area contributed by atoms with E-state index in [0.717, 1.165) is 18.8 Å². The Morgan fingerprint density at radius 2 is 2.44 bits per heavy atom. The molecule has 1 atom stereocenters. The first-order valence-electron chi connectivity index (χ1n) is 6.20. The van der Waals surface area contributed by atoms with E-state index < -0.39 is 0 Å². The number of pyridine rings is 1. The zero-order valence-corrected chi connectivity index (χ0v) is 10.2. The number of aromatic nitrogens is 1. The second kappa shape index (κ2) is 5.30. The molecule has 3 nitrogen and oxygen atoms in total. The molecule has 1 aliphatic rings. The Kier molecular flexibility index (Phi) is 3.78. The minimum atomic E-state index is 0.661. The summed E-state index contributed by atoms with van der Waals surface area (Å²) in [5.74, 6) is 0. The van der Waals surface area contributed by atoms with Crippen LogP contribution >= 0.6 is 0 Å². The summed E-state index contributed by atoms with van der Waals surface area (Å²) < 4.78 is 0. The molecular formula is C13H21N3. The fraction of sp³-hybridized carbons (Fsp3) is 0.615. The minimum Gasteiger partial charge on any atom is -0.370 e. The summed E-state index contributed by atoms with van der Waals surface area (Å²) in [7, 11) is 0. The standard InChI is InChI=1S/C13H21N3/c1-3-16(10-12-5-4-7-15-12)13-6-8-14-11(2)9-13/h6,8-9,12,15H,3-5,7,10H2,1-2H3. The molecule has 0 saturated carbocycles. The van der Waals surface area contributed by atoms with Gasteiger partial charge in [0.25, 0.3) is 0 Å². The van der Waals surface area contributed by atoms with E-state index in [-0.39, 0.29) is 0 Å². The summed E-state index contributed by atoms with van der Waals surface area (Å²) in [5.41, 5.74) is 2.39. The van der Waals surface area contributed by atoms with Crippen molar-refractivity contribution in [2.45, 2.75) is 32.7 Å². The maximum absolute atomic E-state index is 4.25. The lowest BCUT2D eigenvalue weighted by Gasteiger charge is -2.26. The first kappa shape index (κ1) is 11.4. The first-order valence-corrected chi connectivity index (χ1v) is 6.20. The number of nitrogens with zero attached hydrogens (tertiary/aromatic N) is 2. The Balaban J connectivity index is 2.03. The molecule has 88 valence electrons. The second-order valence-corrected chi connectivity index (χ2v) is 4.49. The number of likely N-dealkylation sites (N-methyl/N-ethyl adjacent to an activating group) is 1. The third kappa shape index (κ3) is 2.73. The van der Waals surface area contributed by atoms with Crippen LogP contribution in [0.1, 0.15) is 25.5 Å². The molecule has 0 bridgehead atoms. The predicted octanol–water partition coefficient (Wildman–Crippen LogP) is 1.97. The van der Waals surface area contributed by atoms with Gasteiger partial charge in [-0.1, -0.05) is 0 Å². The molecule has 1 fully saturated rings. The highest BCUT2D eigenvalue weighted by Gasteiger charge is 2.17. The van der Waals surface area contributed by atoms with E-state index in [4.69, 9.17) is 0 Å². The fourth-order valence-electron chi connectivity index (χ4n) is 2.32. The summed E-state index contributed by atoms with van der Waals surface area (Å²) in [5, 5.41) is 3.55. The molecule has 1 N–H and O–H groups in total. The van der Waals surface area contributed by atoms with Crippen molar-refractivity contribution in [3.63, 3.8) is 0 Å². The first-order chi connectivity index (χ1) is 7.79. The average molecular weight is 219 g/mol. The van der Waals surface area contributed by atoms with Gasteiger partial charge in [0.05, 0.1) is 0 Å². The molecule has 1 aliphatic heterocycles. The number of anilines is 1. The van der Waals surface area contributed by atoms with Gasteiger partial charge in [-0.3, -0.25) is 4.98 Å². The van der Waals surface area contributed by atoms with Gasteiger partial charge in [0.15, 0.2) is 0 Å². The van der Waals surface area contributed by atoms with Crippen LogP contribution in [0.3, 0.4) is 0 Å². The van der Waals surface area contributed by atoms with E-state index in [1.165, 1.54) is 25.1 Å². The maximum atomic E-state index is 4.25. The van der Waals surface area contributed by atoms with Crippen LogP contribution in [0.15, 0.2) is 18.3 Å². The van der Waals surface area contributed by atoms with Crippen molar-refractivity contribution in [3.8, 4) is 0 Å². The molecular weight excluding hydrogens is 198 g/mol. The van der Waals surface area contributed by atoms with E-state index in [0.29, 0.717) is 6.04 Å². The third-order valence-corrected chi connectivity index (χ3v) is 3.23. The molecule has 3 heteroatoms. The Hall–Kier alpha value is -1.09. The Morgan fingerprint density at radius 1 is 1.56 bits per heavy atom. The van der Waals surface area contributed by atoms with Crippen LogP contribution in [0.25, 0.3) is 0 Å². The van der Waals surface area contributed by atoms with Crippen molar-refractivity contribution < 1.29 is 0 Å². The molecule has 1 saturated heterocycles. The topological polar surface area (TPSA) is 28.2 Å². The Labute approximate surface area is 97.9 Å². The van der Waals surface area contributed by atoms with Crippen LogP contribution in [-0.2, 0) is 0 Å². The summed E-state index contributed by atoms with van der Waals surface area (Å²) in [6, 6.07) is 4.93. The van der Waals surface area contributed by atoms with Gasteiger partial charge in [0, 0.05) is 36.7 Å². The van der Waals surface area contributed by atoms with Gasteiger partial charge in [0.2, 0.25) is 0 Å². The molecule has 0 aliphatic carbocycles. The zero-order valence-electron chi connectivity index (χ0n) is 10.2. The zero-order chi connectivity index (χ0) is 11.4. The number of hydrogen-bond acceptors (Lipinski definition) is 3. The van der Waals surface area contributed by atoms with Crippen molar-refractivity contribution in [2.24, 2.45) is 0 Å². The van der Waals surface area contributed by atoms with Gasteiger partial charge >= 0.3 is 0 Å². The molecule has 1 aromatic heterocycles. The van der Waals surface area contributed by atoms with Crippen LogP contribution in [0.2, 0.25) is 0 Å². The molecule has 0 aromatic carbocycles. The number of nitrogens with one attached hydrogen (secondary N) is 1. The maximum Gasteiger partial charge on any atom is 0.0400 e. The molecule has 0 radical (unpaired) electrons. The van der Waals surface area contributed by atoms with Crippen molar-refractivity contribution in [1.29, 1.82) is 0 Å². The number of hydrogen-bond donors (Lipinski definition) is 1. The van der Waals surface area contributed by atoms with Gasteiger partial charge in [-0.25, -0.2) is 0 Å². The molecule has 2 rings (SSSR count). The quantitative estimate of drug-likeness (QED) is 0.839. The Bertz CT molecular complexity index is 332. The monoisotopic (exact) mass is 219 g/mol. The molecule has 2 heterocycles. The summed E-state index contributed by atoms with van der Waals surface area (Å²) >= 11 is 0. The lowest BCUT2D eigenvalue weighted by atomic mass is 10.2. The van der Waals surface area contributed by atoms with E-state index in [9.17, 15) is 0 Å². The van der Waals surface area contributed by atoms with Crippen molar-refractivity contribution in [1.82, 2.24) is 10.3 Å². The molecule has 0 amide bonds. The van der Waals surface area contributed by atoms with Crippen molar-refractivity contribution in [2.75, 3.05) is 24.5 Å². The van der Waals surface area contributed by atoms with Crippen molar-refractivity contribution >= 4 is 5.69 Å². The highest BCUT2D eigenvalue weighted by Crippen LogP contribution is 2.16. The molecule has 1 unspecified atom stereocenters. The largest absolute Gasteiger partial charge is 0.370 e. The molecule has 1 aromatic rings. The average Bonchev–Trinajstić information content (AvgIpc) is 2.78. The van der Waals surface area contributed by atoms with E-state index in [1.54, 1.807) is 0 Å². The minimum absolute atomic E-state index is 0.661. The molecule has 0 spiro atoms. The van der Waals surface area contributed by atoms with Crippen molar-refractivity contribution in [3.05, 3.63) is 24.0 Å². The summed E-state index contributed by atoms with van der Waals surface area (Å²) in [4.78, 5) is 6.67. The SMILES string of the molecule is CCN(CC1CCCN1)c1ccnc(C)c1. The van der Waals surface area contributed by atoms with Crippen LogP contribution in [0.5, 0.6) is 0 Å². The number of rotatable bonds is 4. The van der Waals surface area contributed by atoms with E-state index >= 15 is 0 Å². The van der Waals surface area contributed by atoms with Crippen LogP contribution in [0.4, 0.5) is 5.69 Å². The van der Waals surface area contributed by atoms with Gasteiger partial charge in [0.1, 0.15) is 0 Å².